The summed E-state index contributed by atoms with van der Waals surface area (Å²) in [7, 11) is 0. The fourth-order valence-corrected chi connectivity index (χ4v) is 3.19. The van der Waals surface area contributed by atoms with Gasteiger partial charge < -0.3 is 14.6 Å². The van der Waals surface area contributed by atoms with Gasteiger partial charge in [0.15, 0.2) is 0 Å². The first-order valence-corrected chi connectivity index (χ1v) is 8.60. The van der Waals surface area contributed by atoms with E-state index >= 15 is 0 Å². The second-order valence-electron chi connectivity index (χ2n) is 6.52. The molecule has 1 fully saturated rings. The Labute approximate surface area is 150 Å². The number of nitrogens with one attached hydrogen (secondary N) is 1. The number of nitrogens with zero attached hydrogens (tertiary/aromatic N) is 3. The molecular formula is C19H20N4O3. The molecule has 4 rings (SSSR count). The van der Waals surface area contributed by atoms with Crippen molar-refractivity contribution in [2.24, 2.45) is 5.92 Å². The van der Waals surface area contributed by atoms with Crippen molar-refractivity contribution in [1.29, 1.82) is 0 Å². The van der Waals surface area contributed by atoms with Gasteiger partial charge >= 0.3 is 0 Å². The summed E-state index contributed by atoms with van der Waals surface area (Å²) < 4.78 is 12.6. The summed E-state index contributed by atoms with van der Waals surface area (Å²) >= 11 is 0. The molecule has 1 amide bonds. The molecule has 7 nitrogen and oxygen atoms in total. The van der Waals surface area contributed by atoms with Crippen molar-refractivity contribution in [3.63, 3.8) is 0 Å². The minimum Gasteiger partial charge on any atom is -0.379 e. The van der Waals surface area contributed by atoms with Gasteiger partial charge in [0.05, 0.1) is 30.6 Å². The highest BCUT2D eigenvalue weighted by Gasteiger charge is 2.31. The highest BCUT2D eigenvalue weighted by atomic mass is 16.5. The van der Waals surface area contributed by atoms with Crippen molar-refractivity contribution in [3.05, 3.63) is 65.8 Å². The molecule has 1 aliphatic rings. The predicted molar refractivity (Wildman–Crippen MR) is 94.1 cm³/mol. The SMILES string of the molecule is Cc1cc(CC2COCC2NC(=O)c2cccc(-n3cccn3)c2)on1. The quantitative estimate of drug-likeness (QED) is 0.761. The predicted octanol–water partition coefficient (Wildman–Crippen LogP) is 2.16. The monoisotopic (exact) mass is 352 g/mol. The van der Waals surface area contributed by atoms with Crippen molar-refractivity contribution in [1.82, 2.24) is 20.3 Å². The van der Waals surface area contributed by atoms with Crippen molar-refractivity contribution in [3.8, 4) is 5.69 Å². The Morgan fingerprint density at radius 2 is 2.23 bits per heavy atom. The van der Waals surface area contributed by atoms with E-state index in [2.05, 4.69) is 15.6 Å². The minimum absolute atomic E-state index is 0.0544. The lowest BCUT2D eigenvalue weighted by Crippen LogP contribution is -2.40. The van der Waals surface area contributed by atoms with Crippen LogP contribution in [0.5, 0.6) is 0 Å². The standard InChI is InChI=1S/C19H20N4O3/c1-13-8-17(26-22-13)10-15-11-25-12-18(15)21-19(24)14-4-2-5-16(9-14)23-7-3-6-20-23/h2-9,15,18H,10-12H2,1H3,(H,21,24). The van der Waals surface area contributed by atoms with Crippen molar-refractivity contribution >= 4 is 5.91 Å². The lowest BCUT2D eigenvalue weighted by Gasteiger charge is -2.18. The zero-order valence-electron chi connectivity index (χ0n) is 14.5. The van der Waals surface area contributed by atoms with Crippen LogP contribution in [-0.4, -0.2) is 40.1 Å². The second-order valence-corrected chi connectivity index (χ2v) is 6.52. The molecule has 3 aromatic rings. The summed E-state index contributed by atoms with van der Waals surface area (Å²) in [6.07, 6.45) is 4.24. The summed E-state index contributed by atoms with van der Waals surface area (Å²) in [5.74, 6) is 0.867. The van der Waals surface area contributed by atoms with Crippen LogP contribution in [0.3, 0.4) is 0 Å². The Morgan fingerprint density at radius 3 is 3.00 bits per heavy atom. The Bertz CT molecular complexity index is 888. The third kappa shape index (κ3) is 3.52. The summed E-state index contributed by atoms with van der Waals surface area (Å²) in [5.41, 5.74) is 2.30. The Kier molecular flexibility index (Phi) is 4.53. The van der Waals surface area contributed by atoms with Gasteiger partial charge in [0.2, 0.25) is 0 Å². The highest BCUT2D eigenvalue weighted by molar-refractivity contribution is 5.95. The number of amides is 1. The van der Waals surface area contributed by atoms with Gasteiger partial charge in [-0.15, -0.1) is 0 Å². The second kappa shape index (κ2) is 7.13. The normalized spacial score (nSPS) is 19.6. The van der Waals surface area contributed by atoms with Crippen molar-refractivity contribution in [2.75, 3.05) is 13.2 Å². The van der Waals surface area contributed by atoms with Gasteiger partial charge in [0.1, 0.15) is 5.76 Å². The molecule has 1 saturated heterocycles. The minimum atomic E-state index is -0.117. The largest absolute Gasteiger partial charge is 0.379 e. The molecule has 3 heterocycles. The maximum atomic E-state index is 12.7. The third-order valence-corrected chi connectivity index (χ3v) is 4.53. The zero-order chi connectivity index (χ0) is 17.9. The van der Waals surface area contributed by atoms with Crippen LogP contribution < -0.4 is 5.32 Å². The Hall–Kier alpha value is -2.93. The van der Waals surface area contributed by atoms with Crippen LogP contribution in [0.4, 0.5) is 0 Å². The first-order chi connectivity index (χ1) is 12.7. The van der Waals surface area contributed by atoms with E-state index in [1.54, 1.807) is 16.9 Å². The molecule has 134 valence electrons. The maximum absolute atomic E-state index is 12.7. The number of ether oxygens (including phenoxy) is 1. The van der Waals surface area contributed by atoms with Crippen LogP contribution in [0.25, 0.3) is 5.69 Å². The van der Waals surface area contributed by atoms with Crippen LogP contribution in [0, 0.1) is 12.8 Å². The van der Waals surface area contributed by atoms with E-state index in [0.717, 1.165) is 17.1 Å². The maximum Gasteiger partial charge on any atom is 0.251 e. The molecular weight excluding hydrogens is 332 g/mol. The van der Waals surface area contributed by atoms with Gasteiger partial charge in [0.25, 0.3) is 5.91 Å². The molecule has 1 N–H and O–H groups in total. The number of benzene rings is 1. The molecule has 2 unspecified atom stereocenters. The van der Waals surface area contributed by atoms with Gasteiger partial charge in [-0.05, 0) is 31.2 Å². The fraction of sp³-hybridized carbons (Fsp3) is 0.316. The molecule has 0 spiro atoms. The van der Waals surface area contributed by atoms with Crippen molar-refractivity contribution < 1.29 is 14.1 Å². The number of aromatic nitrogens is 3. The van der Waals surface area contributed by atoms with E-state index in [9.17, 15) is 4.79 Å². The van der Waals surface area contributed by atoms with E-state index in [4.69, 9.17) is 9.26 Å². The van der Waals surface area contributed by atoms with E-state index in [-0.39, 0.29) is 17.9 Å². The number of aryl methyl sites for hydroxylation is 1. The van der Waals surface area contributed by atoms with Crippen LogP contribution in [0.2, 0.25) is 0 Å². The van der Waals surface area contributed by atoms with Gasteiger partial charge in [0, 0.05) is 36.4 Å². The first kappa shape index (κ1) is 16.5. The molecule has 1 aromatic carbocycles. The summed E-state index contributed by atoms with van der Waals surface area (Å²) in [6, 6.07) is 11.1. The first-order valence-electron chi connectivity index (χ1n) is 8.60. The number of carbonyl (C=O) groups excluding carboxylic acids is 1. The average molecular weight is 352 g/mol. The lowest BCUT2D eigenvalue weighted by molar-refractivity contribution is 0.0924. The molecule has 0 saturated carbocycles. The van der Waals surface area contributed by atoms with Gasteiger partial charge in [-0.1, -0.05) is 11.2 Å². The van der Waals surface area contributed by atoms with E-state index in [0.29, 0.717) is 25.2 Å². The summed E-state index contributed by atoms with van der Waals surface area (Å²) in [6.45, 7) is 2.99. The highest BCUT2D eigenvalue weighted by Crippen LogP contribution is 2.20. The summed E-state index contributed by atoms with van der Waals surface area (Å²) in [4.78, 5) is 12.7. The van der Waals surface area contributed by atoms with Crippen LogP contribution in [0.15, 0.2) is 53.3 Å². The fourth-order valence-electron chi connectivity index (χ4n) is 3.19. The van der Waals surface area contributed by atoms with E-state index < -0.39 is 0 Å². The summed E-state index contributed by atoms with van der Waals surface area (Å²) in [5, 5.41) is 11.2. The van der Waals surface area contributed by atoms with Crippen LogP contribution in [0.1, 0.15) is 21.8 Å². The number of rotatable bonds is 5. The number of hydrogen-bond acceptors (Lipinski definition) is 5. The molecule has 2 aromatic heterocycles. The molecule has 0 radical (unpaired) electrons. The number of carbonyl (C=O) groups is 1. The molecule has 1 aliphatic heterocycles. The smallest absolute Gasteiger partial charge is 0.251 e. The Morgan fingerprint density at radius 1 is 1.31 bits per heavy atom. The lowest BCUT2D eigenvalue weighted by atomic mass is 9.98. The van der Waals surface area contributed by atoms with Gasteiger partial charge in [-0.3, -0.25) is 4.79 Å². The van der Waals surface area contributed by atoms with Crippen LogP contribution >= 0.6 is 0 Å². The van der Waals surface area contributed by atoms with E-state index in [1.807, 2.05) is 43.5 Å². The molecule has 26 heavy (non-hydrogen) atoms. The zero-order valence-corrected chi connectivity index (χ0v) is 14.5. The number of hydrogen-bond donors (Lipinski definition) is 1. The molecule has 2 atom stereocenters. The average Bonchev–Trinajstić information content (AvgIpc) is 3.39. The van der Waals surface area contributed by atoms with Crippen molar-refractivity contribution in [2.45, 2.75) is 19.4 Å². The Balaban J connectivity index is 1.44. The molecule has 0 bridgehead atoms. The molecule has 0 aliphatic carbocycles. The third-order valence-electron chi connectivity index (χ3n) is 4.53. The topological polar surface area (TPSA) is 82.2 Å². The van der Waals surface area contributed by atoms with Gasteiger partial charge in [-0.25, -0.2) is 4.68 Å². The van der Waals surface area contributed by atoms with Crippen LogP contribution in [-0.2, 0) is 11.2 Å². The van der Waals surface area contributed by atoms with Gasteiger partial charge in [-0.2, -0.15) is 5.10 Å². The molecule has 7 heteroatoms. The van der Waals surface area contributed by atoms with E-state index in [1.165, 1.54) is 0 Å².